The highest BCUT2D eigenvalue weighted by Gasteiger charge is 2.24. The second-order valence-corrected chi connectivity index (χ2v) is 6.21. The molecule has 3 rings (SSSR count). The van der Waals surface area contributed by atoms with Gasteiger partial charge in [-0.15, -0.1) is 0 Å². The minimum absolute atomic E-state index is 0.0549. The van der Waals surface area contributed by atoms with Crippen molar-refractivity contribution < 1.29 is 9.21 Å². The van der Waals surface area contributed by atoms with Gasteiger partial charge in [-0.2, -0.15) is 0 Å². The molecule has 0 unspecified atom stereocenters. The average Bonchev–Trinajstić information content (AvgIpc) is 3.07. The summed E-state index contributed by atoms with van der Waals surface area (Å²) in [5.41, 5.74) is 0. The average molecular weight is 329 g/mol. The van der Waals surface area contributed by atoms with Crippen LogP contribution in [0, 0.1) is 6.92 Å². The van der Waals surface area contributed by atoms with Crippen LogP contribution in [0.5, 0.6) is 0 Å². The summed E-state index contributed by atoms with van der Waals surface area (Å²) in [7, 11) is 0. The van der Waals surface area contributed by atoms with Crippen LogP contribution >= 0.6 is 0 Å². The van der Waals surface area contributed by atoms with E-state index in [9.17, 15) is 4.79 Å². The molecule has 0 aromatic carbocycles. The molecule has 2 aromatic heterocycles. The van der Waals surface area contributed by atoms with Crippen LogP contribution < -0.4 is 10.2 Å². The number of aromatic nitrogens is 2. The number of amides is 1. The van der Waals surface area contributed by atoms with Crippen molar-refractivity contribution >= 4 is 17.5 Å². The van der Waals surface area contributed by atoms with Gasteiger partial charge in [0.1, 0.15) is 17.5 Å². The molecule has 1 aliphatic heterocycles. The molecule has 1 amide bonds. The lowest BCUT2D eigenvalue weighted by Crippen LogP contribution is -2.49. The first-order chi connectivity index (χ1) is 11.5. The van der Waals surface area contributed by atoms with E-state index in [0.717, 1.165) is 30.5 Å². The molecule has 0 bridgehead atoms. The first-order valence-electron chi connectivity index (χ1n) is 8.23. The minimum Gasteiger partial charge on any atom is -0.459 e. The summed E-state index contributed by atoms with van der Waals surface area (Å²) in [4.78, 5) is 25.3. The molecule has 3 heterocycles. The molecule has 7 nitrogen and oxygen atoms in total. The zero-order valence-electron chi connectivity index (χ0n) is 14.3. The standard InChI is InChI=1S/C17H23N5O2/c1-12(2)18-15-11-16(20-13(3)19-15)21-6-8-22(9-7-21)17(23)14-5-4-10-24-14/h4-5,10-12H,6-9H2,1-3H3,(H,18,19,20). The quantitative estimate of drug-likeness (QED) is 0.926. The number of anilines is 2. The Hall–Kier alpha value is -2.57. The van der Waals surface area contributed by atoms with Crippen molar-refractivity contribution in [3.8, 4) is 0 Å². The van der Waals surface area contributed by atoms with E-state index in [0.29, 0.717) is 24.9 Å². The van der Waals surface area contributed by atoms with Gasteiger partial charge in [0.2, 0.25) is 0 Å². The van der Waals surface area contributed by atoms with Crippen LogP contribution in [0.15, 0.2) is 28.9 Å². The van der Waals surface area contributed by atoms with Crippen LogP contribution in [0.1, 0.15) is 30.2 Å². The molecule has 0 radical (unpaired) electrons. The topological polar surface area (TPSA) is 74.5 Å². The molecule has 128 valence electrons. The van der Waals surface area contributed by atoms with Crippen LogP contribution in [0.4, 0.5) is 11.6 Å². The smallest absolute Gasteiger partial charge is 0.289 e. The molecular weight excluding hydrogens is 306 g/mol. The zero-order chi connectivity index (χ0) is 17.1. The van der Waals surface area contributed by atoms with Crippen molar-refractivity contribution in [3.05, 3.63) is 36.0 Å². The predicted molar refractivity (Wildman–Crippen MR) is 92.4 cm³/mol. The first-order valence-corrected chi connectivity index (χ1v) is 8.23. The minimum atomic E-state index is -0.0549. The number of hydrogen-bond acceptors (Lipinski definition) is 6. The molecule has 24 heavy (non-hydrogen) atoms. The fourth-order valence-electron chi connectivity index (χ4n) is 2.78. The van der Waals surface area contributed by atoms with E-state index in [4.69, 9.17) is 4.42 Å². The van der Waals surface area contributed by atoms with Gasteiger partial charge in [-0.3, -0.25) is 4.79 Å². The van der Waals surface area contributed by atoms with E-state index < -0.39 is 0 Å². The van der Waals surface area contributed by atoms with E-state index in [1.807, 2.05) is 17.9 Å². The monoisotopic (exact) mass is 329 g/mol. The first kappa shape index (κ1) is 16.3. The van der Waals surface area contributed by atoms with Gasteiger partial charge in [-0.25, -0.2) is 9.97 Å². The molecule has 0 saturated carbocycles. The molecule has 0 aliphatic carbocycles. The maximum absolute atomic E-state index is 12.3. The van der Waals surface area contributed by atoms with Gasteiger partial charge in [0.25, 0.3) is 5.91 Å². The number of carbonyl (C=O) groups excluding carboxylic acids is 1. The van der Waals surface area contributed by atoms with E-state index in [1.165, 1.54) is 6.26 Å². The fourth-order valence-corrected chi connectivity index (χ4v) is 2.78. The van der Waals surface area contributed by atoms with Crippen molar-refractivity contribution in [2.24, 2.45) is 0 Å². The van der Waals surface area contributed by atoms with Gasteiger partial charge in [0.15, 0.2) is 5.76 Å². The number of furan rings is 1. The lowest BCUT2D eigenvalue weighted by Gasteiger charge is -2.35. The third-order valence-corrected chi connectivity index (χ3v) is 3.88. The molecule has 2 aromatic rings. The van der Waals surface area contributed by atoms with Crippen molar-refractivity contribution in [1.82, 2.24) is 14.9 Å². The van der Waals surface area contributed by atoms with Crippen LogP contribution in [0.25, 0.3) is 0 Å². The van der Waals surface area contributed by atoms with Gasteiger partial charge in [0, 0.05) is 38.3 Å². The molecule has 1 saturated heterocycles. The third kappa shape index (κ3) is 3.67. The lowest BCUT2D eigenvalue weighted by atomic mass is 10.2. The summed E-state index contributed by atoms with van der Waals surface area (Å²) in [5, 5.41) is 3.32. The Kier molecular flexibility index (Phi) is 4.69. The number of aryl methyl sites for hydroxylation is 1. The Labute approximate surface area is 141 Å². The fraction of sp³-hybridized carbons (Fsp3) is 0.471. The zero-order valence-corrected chi connectivity index (χ0v) is 14.3. The third-order valence-electron chi connectivity index (χ3n) is 3.88. The van der Waals surface area contributed by atoms with Crippen molar-refractivity contribution in [1.29, 1.82) is 0 Å². The summed E-state index contributed by atoms with van der Waals surface area (Å²) in [6.45, 7) is 8.83. The van der Waals surface area contributed by atoms with E-state index >= 15 is 0 Å². The van der Waals surface area contributed by atoms with Gasteiger partial charge < -0.3 is 19.5 Å². The highest BCUT2D eigenvalue weighted by atomic mass is 16.3. The molecule has 1 aliphatic rings. The van der Waals surface area contributed by atoms with E-state index in [2.05, 4.69) is 34.0 Å². The summed E-state index contributed by atoms with van der Waals surface area (Å²) >= 11 is 0. The number of nitrogens with one attached hydrogen (secondary N) is 1. The van der Waals surface area contributed by atoms with Crippen LogP contribution in [0.2, 0.25) is 0 Å². The van der Waals surface area contributed by atoms with Gasteiger partial charge in [0.05, 0.1) is 6.26 Å². The highest BCUT2D eigenvalue weighted by molar-refractivity contribution is 5.91. The normalized spacial score (nSPS) is 15.0. The highest BCUT2D eigenvalue weighted by Crippen LogP contribution is 2.19. The van der Waals surface area contributed by atoms with E-state index in [1.54, 1.807) is 12.1 Å². The maximum atomic E-state index is 12.3. The molecule has 1 N–H and O–H groups in total. The number of piperazine rings is 1. The molecule has 0 spiro atoms. The molecule has 7 heteroatoms. The van der Waals surface area contributed by atoms with Crippen LogP contribution in [-0.4, -0.2) is 53.0 Å². The summed E-state index contributed by atoms with van der Waals surface area (Å²) in [6, 6.07) is 5.72. The number of carbonyl (C=O) groups is 1. The molecule has 0 atom stereocenters. The Morgan fingerprint density at radius 2 is 2.00 bits per heavy atom. The SMILES string of the molecule is Cc1nc(NC(C)C)cc(N2CCN(C(=O)c3ccco3)CC2)n1. The summed E-state index contributed by atoms with van der Waals surface area (Å²) < 4.78 is 5.19. The summed E-state index contributed by atoms with van der Waals surface area (Å²) in [6.07, 6.45) is 1.52. The Balaban J connectivity index is 1.66. The second-order valence-electron chi connectivity index (χ2n) is 6.21. The van der Waals surface area contributed by atoms with Gasteiger partial charge in [-0.1, -0.05) is 0 Å². The second kappa shape index (κ2) is 6.90. The number of nitrogens with zero attached hydrogens (tertiary/aromatic N) is 4. The van der Waals surface area contributed by atoms with Crippen molar-refractivity contribution in [2.45, 2.75) is 26.8 Å². The van der Waals surface area contributed by atoms with Crippen molar-refractivity contribution in [3.63, 3.8) is 0 Å². The van der Waals surface area contributed by atoms with Crippen LogP contribution in [0.3, 0.4) is 0 Å². The number of hydrogen-bond donors (Lipinski definition) is 1. The maximum Gasteiger partial charge on any atom is 0.289 e. The van der Waals surface area contributed by atoms with E-state index in [-0.39, 0.29) is 5.91 Å². The van der Waals surface area contributed by atoms with Crippen molar-refractivity contribution in [2.75, 3.05) is 36.4 Å². The van der Waals surface area contributed by atoms with Gasteiger partial charge in [-0.05, 0) is 32.9 Å². The lowest BCUT2D eigenvalue weighted by molar-refractivity contribution is 0.0714. The Morgan fingerprint density at radius 1 is 1.25 bits per heavy atom. The predicted octanol–water partition coefficient (Wildman–Crippen LogP) is 2.16. The Bertz CT molecular complexity index is 691. The number of rotatable bonds is 4. The van der Waals surface area contributed by atoms with Crippen LogP contribution in [-0.2, 0) is 0 Å². The molecule has 1 fully saturated rings. The largest absolute Gasteiger partial charge is 0.459 e. The van der Waals surface area contributed by atoms with Gasteiger partial charge >= 0.3 is 0 Å². The molecular formula is C17H23N5O2. The Morgan fingerprint density at radius 3 is 2.62 bits per heavy atom. The summed E-state index contributed by atoms with van der Waals surface area (Å²) in [5.74, 6) is 2.81.